The maximum atomic E-state index is 11.1. The Morgan fingerprint density at radius 1 is 1.44 bits per heavy atom. The first kappa shape index (κ1) is 12.8. The van der Waals surface area contributed by atoms with Crippen molar-refractivity contribution >= 4 is 17.6 Å². The van der Waals surface area contributed by atoms with Gasteiger partial charge in [0.05, 0.1) is 25.7 Å². The van der Waals surface area contributed by atoms with Gasteiger partial charge in [0, 0.05) is 0 Å². The fourth-order valence-corrected chi connectivity index (χ4v) is 1.71. The van der Waals surface area contributed by atoms with Gasteiger partial charge in [0.2, 0.25) is 0 Å². The maximum absolute atomic E-state index is 11.1. The monoisotopic (exact) mass is 242 g/mol. The molecule has 0 bridgehead atoms. The van der Waals surface area contributed by atoms with Crippen LogP contribution in [-0.4, -0.2) is 20.2 Å². The van der Waals surface area contributed by atoms with Crippen LogP contribution in [0.1, 0.15) is 24.8 Å². The fraction of sp³-hybridized carbons (Fsp3) is 0.417. The number of ether oxygens (including phenoxy) is 2. The van der Waals surface area contributed by atoms with E-state index in [1.165, 1.54) is 7.11 Å². The number of esters is 1. The molecule has 88 valence electrons. The number of carbonyl (C=O) groups is 1. The third kappa shape index (κ3) is 3.14. The van der Waals surface area contributed by atoms with Crippen LogP contribution in [0.15, 0.2) is 18.2 Å². The molecule has 0 fully saturated rings. The fourth-order valence-electron chi connectivity index (χ4n) is 1.44. The molecule has 0 amide bonds. The van der Waals surface area contributed by atoms with Gasteiger partial charge in [-0.1, -0.05) is 24.6 Å². The minimum absolute atomic E-state index is 0.0795. The molecule has 4 heteroatoms. The summed E-state index contributed by atoms with van der Waals surface area (Å²) in [6.07, 6.45) is 0.346. The Balaban J connectivity index is 2.80. The molecule has 0 spiro atoms. The molecule has 0 radical (unpaired) electrons. The maximum Gasteiger partial charge on any atom is 0.306 e. The van der Waals surface area contributed by atoms with Crippen LogP contribution < -0.4 is 4.74 Å². The molecule has 16 heavy (non-hydrogen) atoms. The highest BCUT2D eigenvalue weighted by atomic mass is 35.5. The van der Waals surface area contributed by atoms with Gasteiger partial charge >= 0.3 is 5.97 Å². The average molecular weight is 243 g/mol. The van der Waals surface area contributed by atoms with E-state index in [1.807, 2.05) is 19.1 Å². The highest BCUT2D eigenvalue weighted by Gasteiger charge is 2.13. The van der Waals surface area contributed by atoms with Crippen molar-refractivity contribution in [3.8, 4) is 5.75 Å². The Bertz CT molecular complexity index is 377. The SMILES string of the molecule is COC(=O)C[C@H](C)c1ccc(OC)c(Cl)c1. The number of rotatable bonds is 4. The van der Waals surface area contributed by atoms with E-state index in [1.54, 1.807) is 13.2 Å². The Hall–Kier alpha value is -1.22. The van der Waals surface area contributed by atoms with Crippen LogP contribution in [0, 0.1) is 0 Å². The molecule has 0 saturated carbocycles. The van der Waals surface area contributed by atoms with Gasteiger partial charge in [-0.25, -0.2) is 0 Å². The Morgan fingerprint density at radius 3 is 2.62 bits per heavy atom. The average Bonchev–Trinajstić information content (AvgIpc) is 2.28. The first-order chi connectivity index (χ1) is 7.58. The van der Waals surface area contributed by atoms with E-state index >= 15 is 0 Å². The number of hydrogen-bond donors (Lipinski definition) is 0. The predicted octanol–water partition coefficient (Wildman–Crippen LogP) is 3.02. The Labute approximate surface area is 100 Å². The van der Waals surface area contributed by atoms with Crippen LogP contribution >= 0.6 is 11.6 Å². The molecule has 1 atom stereocenters. The van der Waals surface area contributed by atoms with Crippen molar-refractivity contribution in [2.75, 3.05) is 14.2 Å². The van der Waals surface area contributed by atoms with Gasteiger partial charge in [0.1, 0.15) is 5.75 Å². The van der Waals surface area contributed by atoms with E-state index < -0.39 is 0 Å². The summed E-state index contributed by atoms with van der Waals surface area (Å²) in [5, 5.41) is 0.553. The molecule has 0 aliphatic heterocycles. The lowest BCUT2D eigenvalue weighted by Crippen LogP contribution is -2.06. The summed E-state index contributed by atoms with van der Waals surface area (Å²) >= 11 is 6.00. The zero-order chi connectivity index (χ0) is 12.1. The molecule has 0 aromatic heterocycles. The minimum atomic E-state index is -0.223. The van der Waals surface area contributed by atoms with Gasteiger partial charge in [0.15, 0.2) is 0 Å². The van der Waals surface area contributed by atoms with E-state index in [0.717, 1.165) is 5.56 Å². The van der Waals surface area contributed by atoms with Crippen molar-refractivity contribution in [1.29, 1.82) is 0 Å². The molecule has 0 N–H and O–H groups in total. The van der Waals surface area contributed by atoms with E-state index in [9.17, 15) is 4.79 Å². The molecular formula is C12H15ClO3. The summed E-state index contributed by atoms with van der Waals surface area (Å²) in [6.45, 7) is 1.95. The molecule has 1 aromatic carbocycles. The van der Waals surface area contributed by atoms with E-state index in [0.29, 0.717) is 17.2 Å². The molecule has 0 aliphatic rings. The van der Waals surface area contributed by atoms with E-state index in [4.69, 9.17) is 16.3 Å². The molecular weight excluding hydrogens is 228 g/mol. The topological polar surface area (TPSA) is 35.5 Å². The van der Waals surface area contributed by atoms with E-state index in [2.05, 4.69) is 4.74 Å². The van der Waals surface area contributed by atoms with Crippen molar-refractivity contribution in [1.82, 2.24) is 0 Å². The highest BCUT2D eigenvalue weighted by molar-refractivity contribution is 6.32. The number of methoxy groups -OCH3 is 2. The normalized spacial score (nSPS) is 12.0. The van der Waals surface area contributed by atoms with Gasteiger partial charge in [0.25, 0.3) is 0 Å². The van der Waals surface area contributed by atoms with Gasteiger partial charge in [-0.05, 0) is 23.6 Å². The largest absolute Gasteiger partial charge is 0.495 e. The first-order valence-electron chi connectivity index (χ1n) is 4.98. The quantitative estimate of drug-likeness (QED) is 0.762. The van der Waals surface area contributed by atoms with Crippen LogP contribution in [0.4, 0.5) is 0 Å². The lowest BCUT2D eigenvalue weighted by molar-refractivity contribution is -0.140. The second kappa shape index (κ2) is 5.75. The number of benzene rings is 1. The predicted molar refractivity (Wildman–Crippen MR) is 63.1 cm³/mol. The van der Waals surface area contributed by atoms with Crippen molar-refractivity contribution in [3.63, 3.8) is 0 Å². The summed E-state index contributed by atoms with van der Waals surface area (Å²) in [7, 11) is 2.95. The first-order valence-corrected chi connectivity index (χ1v) is 5.36. The van der Waals surface area contributed by atoms with Crippen molar-refractivity contribution in [3.05, 3.63) is 28.8 Å². The van der Waals surface area contributed by atoms with Gasteiger partial charge in [-0.3, -0.25) is 4.79 Å². The van der Waals surface area contributed by atoms with Crippen LogP contribution in [0.5, 0.6) is 5.75 Å². The van der Waals surface area contributed by atoms with Crippen LogP contribution in [0.2, 0.25) is 5.02 Å². The summed E-state index contributed by atoms with van der Waals surface area (Å²) in [6, 6.07) is 5.51. The third-order valence-electron chi connectivity index (χ3n) is 2.45. The summed E-state index contributed by atoms with van der Waals surface area (Å²) in [4.78, 5) is 11.1. The molecule has 0 aliphatic carbocycles. The number of carbonyl (C=O) groups excluding carboxylic acids is 1. The van der Waals surface area contributed by atoms with Gasteiger partial charge in [-0.15, -0.1) is 0 Å². The minimum Gasteiger partial charge on any atom is -0.495 e. The molecule has 1 aromatic rings. The Kier molecular flexibility index (Phi) is 4.62. The molecule has 0 unspecified atom stereocenters. The highest BCUT2D eigenvalue weighted by Crippen LogP contribution is 2.29. The second-order valence-electron chi connectivity index (χ2n) is 3.58. The van der Waals surface area contributed by atoms with Gasteiger partial charge < -0.3 is 9.47 Å². The van der Waals surface area contributed by atoms with Crippen molar-refractivity contribution < 1.29 is 14.3 Å². The molecule has 0 heterocycles. The van der Waals surface area contributed by atoms with Crippen LogP contribution in [0.25, 0.3) is 0 Å². The second-order valence-corrected chi connectivity index (χ2v) is 3.98. The van der Waals surface area contributed by atoms with Gasteiger partial charge in [-0.2, -0.15) is 0 Å². The van der Waals surface area contributed by atoms with E-state index in [-0.39, 0.29) is 11.9 Å². The van der Waals surface area contributed by atoms with Crippen molar-refractivity contribution in [2.45, 2.75) is 19.3 Å². The smallest absolute Gasteiger partial charge is 0.306 e. The standard InChI is InChI=1S/C12H15ClO3/c1-8(6-12(14)16-3)9-4-5-11(15-2)10(13)7-9/h4-5,7-8H,6H2,1-3H3/t8-/m0/s1. The van der Waals surface area contributed by atoms with Crippen LogP contribution in [-0.2, 0) is 9.53 Å². The Morgan fingerprint density at radius 2 is 2.12 bits per heavy atom. The van der Waals surface area contributed by atoms with Crippen LogP contribution in [0.3, 0.4) is 0 Å². The lowest BCUT2D eigenvalue weighted by atomic mass is 9.98. The number of halogens is 1. The summed E-state index contributed by atoms with van der Waals surface area (Å²) in [5.41, 5.74) is 0.996. The molecule has 0 saturated heterocycles. The number of hydrogen-bond acceptors (Lipinski definition) is 3. The molecule has 1 rings (SSSR count). The lowest BCUT2D eigenvalue weighted by Gasteiger charge is -2.12. The van der Waals surface area contributed by atoms with Crippen molar-refractivity contribution in [2.24, 2.45) is 0 Å². The summed E-state index contributed by atoms with van der Waals surface area (Å²) < 4.78 is 9.68. The third-order valence-corrected chi connectivity index (χ3v) is 2.74. The zero-order valence-electron chi connectivity index (χ0n) is 9.62. The molecule has 3 nitrogen and oxygen atoms in total. The summed E-state index contributed by atoms with van der Waals surface area (Å²) in [5.74, 6) is 0.492. The zero-order valence-corrected chi connectivity index (χ0v) is 10.4.